The minimum Gasteiger partial charge on any atom is -0.492 e. The number of carbonyl (C=O) groups excluding carboxylic acids is 1. The van der Waals surface area contributed by atoms with Gasteiger partial charge in [0.25, 0.3) is 0 Å². The highest BCUT2D eigenvalue weighted by atomic mass is 35.5. The third-order valence-corrected chi connectivity index (χ3v) is 7.50. The van der Waals surface area contributed by atoms with E-state index in [0.717, 1.165) is 5.56 Å². The van der Waals surface area contributed by atoms with E-state index < -0.39 is 10.0 Å². The summed E-state index contributed by atoms with van der Waals surface area (Å²) in [4.78, 5) is 12.7. The molecule has 3 rings (SSSR count). The molecule has 1 amide bonds. The van der Waals surface area contributed by atoms with E-state index in [4.69, 9.17) is 27.9 Å². The number of benzene rings is 2. The van der Waals surface area contributed by atoms with E-state index in [1.807, 2.05) is 13.0 Å². The zero-order valence-corrected chi connectivity index (χ0v) is 19.1. The Morgan fingerprint density at radius 1 is 1.13 bits per heavy atom. The maximum atomic E-state index is 13.2. The summed E-state index contributed by atoms with van der Waals surface area (Å²) in [5.41, 5.74) is 1.58. The second-order valence-corrected chi connectivity index (χ2v) is 9.93. The lowest BCUT2D eigenvalue weighted by atomic mass is 9.97. The van der Waals surface area contributed by atoms with Gasteiger partial charge in [-0.1, -0.05) is 29.3 Å². The number of sulfonamides is 1. The van der Waals surface area contributed by atoms with Crippen molar-refractivity contribution in [2.75, 3.05) is 25.0 Å². The van der Waals surface area contributed by atoms with Crippen LogP contribution in [0.25, 0.3) is 0 Å². The van der Waals surface area contributed by atoms with Crippen LogP contribution in [0.3, 0.4) is 0 Å². The zero-order chi connectivity index (χ0) is 21.9. The molecule has 2 aromatic carbocycles. The molecule has 1 N–H and O–H groups in total. The van der Waals surface area contributed by atoms with Gasteiger partial charge in [-0.15, -0.1) is 0 Å². The van der Waals surface area contributed by atoms with Gasteiger partial charge in [0.15, 0.2) is 0 Å². The summed E-state index contributed by atoms with van der Waals surface area (Å²) < 4.78 is 33.2. The number of nitrogens with zero attached hydrogens (tertiary/aromatic N) is 1. The van der Waals surface area contributed by atoms with Crippen LogP contribution in [-0.2, 0) is 14.8 Å². The number of halogens is 2. The lowest BCUT2D eigenvalue weighted by molar-refractivity contribution is -0.120. The fraction of sp³-hybridized carbons (Fsp3) is 0.381. The van der Waals surface area contributed by atoms with Crippen molar-refractivity contribution < 1.29 is 17.9 Å². The number of anilines is 1. The van der Waals surface area contributed by atoms with Crippen molar-refractivity contribution in [1.29, 1.82) is 0 Å². The molecule has 0 unspecified atom stereocenters. The number of piperidine rings is 1. The van der Waals surface area contributed by atoms with Crippen molar-refractivity contribution in [3.8, 4) is 5.75 Å². The first-order chi connectivity index (χ1) is 14.2. The van der Waals surface area contributed by atoms with E-state index in [9.17, 15) is 13.2 Å². The van der Waals surface area contributed by atoms with E-state index in [0.29, 0.717) is 35.2 Å². The van der Waals surface area contributed by atoms with Crippen molar-refractivity contribution in [1.82, 2.24) is 4.31 Å². The predicted molar refractivity (Wildman–Crippen MR) is 119 cm³/mol. The summed E-state index contributed by atoms with van der Waals surface area (Å²) in [6.07, 6.45) is 0.852. The summed E-state index contributed by atoms with van der Waals surface area (Å²) in [5, 5.41) is 3.78. The molecule has 0 saturated carbocycles. The number of nitrogens with one attached hydrogen (secondary N) is 1. The maximum absolute atomic E-state index is 13.2. The molecule has 0 radical (unpaired) electrons. The van der Waals surface area contributed by atoms with Crippen molar-refractivity contribution >= 4 is 44.8 Å². The fourth-order valence-corrected chi connectivity index (χ4v) is 5.46. The first kappa shape index (κ1) is 22.9. The van der Waals surface area contributed by atoms with Crippen LogP contribution in [0, 0.1) is 12.8 Å². The van der Waals surface area contributed by atoms with Crippen LogP contribution < -0.4 is 10.1 Å². The standard InChI is InChI=1S/C21H24Cl2N2O4S/c1-3-29-19-7-6-17(23)13-20(19)30(27,28)25-10-8-15(9-11-25)21(26)24-18-12-16(22)5-4-14(18)2/h4-7,12-13,15H,3,8-11H2,1-2H3,(H,24,26). The molecule has 0 atom stereocenters. The van der Waals surface area contributed by atoms with E-state index in [2.05, 4.69) is 5.32 Å². The van der Waals surface area contributed by atoms with Crippen LogP contribution in [0.2, 0.25) is 10.0 Å². The smallest absolute Gasteiger partial charge is 0.246 e. The quantitative estimate of drug-likeness (QED) is 0.661. The molecule has 162 valence electrons. The van der Waals surface area contributed by atoms with Crippen LogP contribution in [0.5, 0.6) is 5.75 Å². The summed E-state index contributed by atoms with van der Waals surface area (Å²) in [6.45, 7) is 4.51. The minimum absolute atomic E-state index is 0.0503. The van der Waals surface area contributed by atoms with E-state index in [-0.39, 0.29) is 35.6 Å². The highest BCUT2D eigenvalue weighted by Gasteiger charge is 2.34. The first-order valence-electron chi connectivity index (χ1n) is 9.72. The van der Waals surface area contributed by atoms with E-state index in [1.165, 1.54) is 10.4 Å². The lowest BCUT2D eigenvalue weighted by Crippen LogP contribution is -2.41. The molecule has 0 bridgehead atoms. The molecule has 1 aliphatic rings. The average molecular weight is 471 g/mol. The Labute approximate surface area is 187 Å². The van der Waals surface area contributed by atoms with Crippen LogP contribution in [0.1, 0.15) is 25.3 Å². The number of amides is 1. The van der Waals surface area contributed by atoms with Gasteiger partial charge in [-0.05, 0) is 62.6 Å². The average Bonchev–Trinajstić information content (AvgIpc) is 2.72. The van der Waals surface area contributed by atoms with Gasteiger partial charge >= 0.3 is 0 Å². The second-order valence-electron chi connectivity index (χ2n) is 7.15. The Hall–Kier alpha value is -1.80. The first-order valence-corrected chi connectivity index (χ1v) is 11.9. The molecule has 6 nitrogen and oxygen atoms in total. The molecular weight excluding hydrogens is 447 g/mol. The molecule has 0 aliphatic carbocycles. The molecule has 0 spiro atoms. The molecule has 1 fully saturated rings. The SMILES string of the molecule is CCOc1ccc(Cl)cc1S(=O)(=O)N1CCC(C(=O)Nc2cc(Cl)ccc2C)CC1. The topological polar surface area (TPSA) is 75.7 Å². The van der Waals surface area contributed by atoms with Gasteiger partial charge in [-0.25, -0.2) is 8.42 Å². The molecule has 30 heavy (non-hydrogen) atoms. The minimum atomic E-state index is -3.78. The van der Waals surface area contributed by atoms with Crippen LogP contribution in [-0.4, -0.2) is 38.3 Å². The Kier molecular flexibility index (Phi) is 7.29. The number of aryl methyl sites for hydroxylation is 1. The van der Waals surface area contributed by atoms with Crippen LogP contribution in [0.15, 0.2) is 41.3 Å². The molecule has 0 aromatic heterocycles. The van der Waals surface area contributed by atoms with Gasteiger partial charge in [0, 0.05) is 34.7 Å². The van der Waals surface area contributed by atoms with Crippen molar-refractivity contribution in [3.63, 3.8) is 0 Å². The number of hydrogen-bond donors (Lipinski definition) is 1. The molecular formula is C21H24Cl2N2O4S. The summed E-state index contributed by atoms with van der Waals surface area (Å²) in [7, 11) is -3.78. The van der Waals surface area contributed by atoms with E-state index in [1.54, 1.807) is 31.2 Å². The van der Waals surface area contributed by atoms with Crippen LogP contribution in [0.4, 0.5) is 5.69 Å². The van der Waals surface area contributed by atoms with Gasteiger partial charge in [-0.3, -0.25) is 4.79 Å². The number of ether oxygens (including phenoxy) is 1. The second kappa shape index (κ2) is 9.56. The van der Waals surface area contributed by atoms with Gasteiger partial charge in [-0.2, -0.15) is 4.31 Å². The number of rotatable bonds is 6. The van der Waals surface area contributed by atoms with Crippen molar-refractivity contribution in [2.45, 2.75) is 31.6 Å². The summed E-state index contributed by atoms with van der Waals surface area (Å²) >= 11 is 12.0. The summed E-state index contributed by atoms with van der Waals surface area (Å²) in [5.74, 6) is -0.131. The highest BCUT2D eigenvalue weighted by molar-refractivity contribution is 7.89. The van der Waals surface area contributed by atoms with Crippen molar-refractivity contribution in [2.24, 2.45) is 5.92 Å². The third-order valence-electron chi connectivity index (χ3n) is 5.11. The number of hydrogen-bond acceptors (Lipinski definition) is 4. The van der Waals surface area contributed by atoms with Gasteiger partial charge < -0.3 is 10.1 Å². The molecule has 1 aliphatic heterocycles. The molecule has 9 heteroatoms. The predicted octanol–water partition coefficient (Wildman–Crippen LogP) is 4.74. The van der Waals surface area contributed by atoms with Gasteiger partial charge in [0.2, 0.25) is 15.9 Å². The van der Waals surface area contributed by atoms with Gasteiger partial charge in [0.05, 0.1) is 6.61 Å². The Bertz CT molecular complexity index is 1040. The Balaban J connectivity index is 1.70. The molecule has 2 aromatic rings. The maximum Gasteiger partial charge on any atom is 0.246 e. The number of carbonyl (C=O) groups is 1. The Morgan fingerprint density at radius 3 is 2.43 bits per heavy atom. The highest BCUT2D eigenvalue weighted by Crippen LogP contribution is 2.32. The van der Waals surface area contributed by atoms with E-state index >= 15 is 0 Å². The molecule has 1 heterocycles. The third kappa shape index (κ3) is 5.09. The van der Waals surface area contributed by atoms with Crippen molar-refractivity contribution in [3.05, 3.63) is 52.0 Å². The molecule has 1 saturated heterocycles. The lowest BCUT2D eigenvalue weighted by Gasteiger charge is -2.31. The normalized spacial score (nSPS) is 15.7. The Morgan fingerprint density at radius 2 is 1.77 bits per heavy atom. The van der Waals surface area contributed by atoms with Gasteiger partial charge in [0.1, 0.15) is 10.6 Å². The monoisotopic (exact) mass is 470 g/mol. The fourth-order valence-electron chi connectivity index (χ4n) is 3.42. The zero-order valence-electron chi connectivity index (χ0n) is 16.8. The largest absolute Gasteiger partial charge is 0.492 e. The van der Waals surface area contributed by atoms with Crippen LogP contribution >= 0.6 is 23.2 Å². The summed E-state index contributed by atoms with van der Waals surface area (Å²) in [6, 6.07) is 9.88.